The molecule has 0 amide bonds. The van der Waals surface area contributed by atoms with E-state index in [0.29, 0.717) is 0 Å². The van der Waals surface area contributed by atoms with Crippen molar-refractivity contribution >= 4 is 11.5 Å². The minimum Gasteiger partial charge on any atom is -0.399 e. The topological polar surface area (TPSA) is 43.1 Å². The summed E-state index contributed by atoms with van der Waals surface area (Å²) in [5, 5.41) is 0. The molecule has 78 valence electrons. The van der Waals surface area contributed by atoms with Crippen LogP contribution in [0.5, 0.6) is 0 Å². The smallest absolute Gasteiger partial charge is 0.129 e. The SMILES string of the molecule is CCCC(C)=O.Cc1cccc(N)c1. The highest BCUT2D eigenvalue weighted by Gasteiger charge is 1.83. The first-order valence-corrected chi connectivity index (χ1v) is 4.87. The summed E-state index contributed by atoms with van der Waals surface area (Å²) in [6.45, 7) is 5.64. The van der Waals surface area contributed by atoms with Crippen molar-refractivity contribution in [2.24, 2.45) is 0 Å². The van der Waals surface area contributed by atoms with Crippen LogP contribution < -0.4 is 5.73 Å². The largest absolute Gasteiger partial charge is 0.399 e. The number of carbonyl (C=O) groups is 1. The van der Waals surface area contributed by atoms with Crippen molar-refractivity contribution in [3.8, 4) is 0 Å². The first-order valence-electron chi connectivity index (χ1n) is 4.87. The van der Waals surface area contributed by atoms with Crippen molar-refractivity contribution in [1.82, 2.24) is 0 Å². The molecule has 0 bridgehead atoms. The number of aryl methyl sites for hydroxylation is 1. The van der Waals surface area contributed by atoms with Gasteiger partial charge in [-0.25, -0.2) is 0 Å². The molecule has 0 spiro atoms. The number of rotatable bonds is 2. The lowest BCUT2D eigenvalue weighted by atomic mass is 10.2. The average molecular weight is 193 g/mol. The van der Waals surface area contributed by atoms with Crippen LogP contribution in [0.25, 0.3) is 0 Å². The summed E-state index contributed by atoms with van der Waals surface area (Å²) in [6, 6.07) is 7.80. The van der Waals surface area contributed by atoms with E-state index >= 15 is 0 Å². The highest BCUT2D eigenvalue weighted by Crippen LogP contribution is 2.03. The Labute approximate surface area is 86.1 Å². The van der Waals surface area contributed by atoms with E-state index in [4.69, 9.17) is 5.73 Å². The Balaban J connectivity index is 0.000000255. The van der Waals surface area contributed by atoms with Gasteiger partial charge in [0, 0.05) is 12.1 Å². The minimum atomic E-state index is 0.289. The fourth-order valence-electron chi connectivity index (χ4n) is 1.02. The van der Waals surface area contributed by atoms with E-state index < -0.39 is 0 Å². The van der Waals surface area contributed by atoms with Crippen molar-refractivity contribution in [2.75, 3.05) is 5.73 Å². The quantitative estimate of drug-likeness (QED) is 0.734. The Morgan fingerprint density at radius 3 is 2.29 bits per heavy atom. The predicted octanol–water partition coefficient (Wildman–Crippen LogP) is 2.95. The molecule has 0 aliphatic rings. The molecule has 0 aliphatic heterocycles. The zero-order valence-electron chi connectivity index (χ0n) is 9.21. The number of ketones is 1. The van der Waals surface area contributed by atoms with Gasteiger partial charge in [-0.05, 0) is 38.0 Å². The summed E-state index contributed by atoms with van der Waals surface area (Å²) in [5.41, 5.74) is 7.51. The van der Waals surface area contributed by atoms with Crippen molar-refractivity contribution < 1.29 is 4.79 Å². The van der Waals surface area contributed by atoms with Crippen molar-refractivity contribution in [3.05, 3.63) is 29.8 Å². The van der Waals surface area contributed by atoms with Gasteiger partial charge >= 0.3 is 0 Å². The summed E-state index contributed by atoms with van der Waals surface area (Å²) in [6.07, 6.45) is 1.72. The van der Waals surface area contributed by atoms with Crippen LogP contribution in [0, 0.1) is 6.92 Å². The summed E-state index contributed by atoms with van der Waals surface area (Å²) >= 11 is 0. The molecule has 0 unspecified atom stereocenters. The van der Waals surface area contributed by atoms with Crippen LogP contribution in [0.15, 0.2) is 24.3 Å². The van der Waals surface area contributed by atoms with Crippen molar-refractivity contribution in [2.45, 2.75) is 33.6 Å². The Kier molecular flexibility index (Phi) is 6.46. The fraction of sp³-hybridized carbons (Fsp3) is 0.417. The van der Waals surface area contributed by atoms with Crippen LogP contribution in [0.4, 0.5) is 5.69 Å². The molecule has 0 aromatic heterocycles. The van der Waals surface area contributed by atoms with E-state index in [1.54, 1.807) is 6.92 Å². The molecule has 2 nitrogen and oxygen atoms in total. The number of hydrogen-bond acceptors (Lipinski definition) is 2. The second-order valence-corrected chi connectivity index (χ2v) is 3.37. The third-order valence-electron chi connectivity index (χ3n) is 1.64. The van der Waals surface area contributed by atoms with E-state index in [1.165, 1.54) is 5.56 Å². The van der Waals surface area contributed by atoms with Gasteiger partial charge in [-0.3, -0.25) is 0 Å². The second-order valence-electron chi connectivity index (χ2n) is 3.37. The molecule has 0 radical (unpaired) electrons. The van der Waals surface area contributed by atoms with Gasteiger partial charge in [0.1, 0.15) is 5.78 Å². The average Bonchev–Trinajstić information content (AvgIpc) is 2.03. The van der Waals surface area contributed by atoms with Gasteiger partial charge in [0.05, 0.1) is 0 Å². The molecule has 0 saturated carbocycles. The first kappa shape index (κ1) is 12.7. The maximum Gasteiger partial charge on any atom is 0.129 e. The monoisotopic (exact) mass is 193 g/mol. The van der Waals surface area contributed by atoms with Gasteiger partial charge in [-0.1, -0.05) is 19.1 Å². The van der Waals surface area contributed by atoms with Crippen LogP contribution >= 0.6 is 0 Å². The lowest BCUT2D eigenvalue weighted by molar-refractivity contribution is -0.117. The van der Waals surface area contributed by atoms with Gasteiger partial charge in [0.25, 0.3) is 0 Å². The van der Waals surface area contributed by atoms with Gasteiger partial charge in [-0.2, -0.15) is 0 Å². The second kappa shape index (κ2) is 7.13. The van der Waals surface area contributed by atoms with Crippen LogP contribution in [0.1, 0.15) is 32.3 Å². The lowest BCUT2D eigenvalue weighted by Crippen LogP contribution is -1.84. The molecule has 2 N–H and O–H groups in total. The standard InChI is InChI=1S/C7H9N.C5H10O/c1-6-3-2-4-7(8)5-6;1-3-4-5(2)6/h2-5H,8H2,1H3;3-4H2,1-2H3. The number of nitrogen functional groups attached to an aromatic ring is 1. The Hall–Kier alpha value is -1.31. The maximum atomic E-state index is 10.0. The first-order chi connectivity index (χ1) is 6.56. The molecule has 1 aromatic rings. The predicted molar refractivity (Wildman–Crippen MR) is 61.2 cm³/mol. The van der Waals surface area contributed by atoms with E-state index in [0.717, 1.165) is 18.5 Å². The fourth-order valence-corrected chi connectivity index (χ4v) is 1.02. The molecule has 1 aromatic carbocycles. The van der Waals surface area contributed by atoms with Crippen LogP contribution in [-0.4, -0.2) is 5.78 Å². The Morgan fingerprint density at radius 2 is 2.07 bits per heavy atom. The van der Waals surface area contributed by atoms with Gasteiger partial charge in [-0.15, -0.1) is 0 Å². The van der Waals surface area contributed by atoms with Gasteiger partial charge in [0.2, 0.25) is 0 Å². The number of anilines is 1. The molecule has 0 aliphatic carbocycles. The summed E-state index contributed by atoms with van der Waals surface area (Å²) < 4.78 is 0. The normalized spacial score (nSPS) is 8.79. The molecule has 0 atom stereocenters. The maximum absolute atomic E-state index is 10.0. The van der Waals surface area contributed by atoms with Crippen molar-refractivity contribution in [3.63, 3.8) is 0 Å². The van der Waals surface area contributed by atoms with Crippen LogP contribution in [-0.2, 0) is 4.79 Å². The molecular formula is C12H19NO. The number of Topliss-reactive ketones (excluding diaryl/α,β-unsaturated/α-hetero) is 1. The van der Waals surface area contributed by atoms with E-state index in [-0.39, 0.29) is 5.78 Å². The van der Waals surface area contributed by atoms with E-state index in [2.05, 4.69) is 0 Å². The molecule has 0 fully saturated rings. The minimum absolute atomic E-state index is 0.289. The summed E-state index contributed by atoms with van der Waals surface area (Å²) in [4.78, 5) is 10.0. The molecule has 0 heterocycles. The molecule has 14 heavy (non-hydrogen) atoms. The number of carbonyl (C=O) groups excluding carboxylic acids is 1. The van der Waals surface area contributed by atoms with E-state index in [1.807, 2.05) is 38.1 Å². The third-order valence-corrected chi connectivity index (χ3v) is 1.64. The molecule has 0 saturated heterocycles. The van der Waals surface area contributed by atoms with Crippen LogP contribution in [0.3, 0.4) is 0 Å². The van der Waals surface area contributed by atoms with E-state index in [9.17, 15) is 4.79 Å². The Morgan fingerprint density at radius 1 is 1.43 bits per heavy atom. The number of nitrogens with two attached hydrogens (primary N) is 1. The Bertz CT molecular complexity index is 264. The number of benzene rings is 1. The zero-order chi connectivity index (χ0) is 11.0. The van der Waals surface area contributed by atoms with Crippen molar-refractivity contribution in [1.29, 1.82) is 0 Å². The van der Waals surface area contributed by atoms with Crippen LogP contribution in [0.2, 0.25) is 0 Å². The molecular weight excluding hydrogens is 174 g/mol. The third kappa shape index (κ3) is 7.35. The van der Waals surface area contributed by atoms with Gasteiger partial charge in [0.15, 0.2) is 0 Å². The molecule has 2 heteroatoms. The lowest BCUT2D eigenvalue weighted by Gasteiger charge is -1.91. The highest BCUT2D eigenvalue weighted by atomic mass is 16.1. The highest BCUT2D eigenvalue weighted by molar-refractivity contribution is 5.75. The summed E-state index contributed by atoms with van der Waals surface area (Å²) in [5.74, 6) is 0.289. The van der Waals surface area contributed by atoms with Gasteiger partial charge < -0.3 is 10.5 Å². The molecule has 1 rings (SSSR count). The summed E-state index contributed by atoms with van der Waals surface area (Å²) in [7, 11) is 0. The zero-order valence-corrected chi connectivity index (χ0v) is 9.21. The number of hydrogen-bond donors (Lipinski definition) is 1.